The largest absolute Gasteiger partial charge is 0.489 e. The maximum Gasteiger partial charge on any atom is 0.120 e. The number of aliphatic hydroxyl groups is 1. The fourth-order valence-electron chi connectivity index (χ4n) is 2.07. The van der Waals surface area contributed by atoms with Crippen molar-refractivity contribution in [2.75, 3.05) is 6.61 Å². The number of aryl methyl sites for hydroxylation is 1. The lowest BCUT2D eigenvalue weighted by Crippen LogP contribution is -2.09. The summed E-state index contributed by atoms with van der Waals surface area (Å²) in [5, 5.41) is 9.92. The van der Waals surface area contributed by atoms with Crippen LogP contribution in [0.25, 0.3) is 0 Å². The molecule has 0 fully saturated rings. The van der Waals surface area contributed by atoms with Crippen LogP contribution in [0, 0.1) is 0 Å². The Hall–Kier alpha value is -0.990. The molecule has 0 aliphatic heterocycles. The first kappa shape index (κ1) is 12.5. The molecule has 1 aromatic carbocycles. The molecular weight excluding hydrogens is 236 g/mol. The molecule has 1 N–H and O–H groups in total. The number of fused-ring (bicyclic) bond motifs is 1. The number of halogens is 1. The molecule has 0 unspecified atom stereocenters. The lowest BCUT2D eigenvalue weighted by Gasteiger charge is -2.22. The fourth-order valence-corrected chi connectivity index (χ4v) is 2.13. The number of benzene rings is 1. The molecule has 92 valence electrons. The molecule has 2 nitrogen and oxygen atoms in total. The van der Waals surface area contributed by atoms with Crippen LogP contribution in [0.5, 0.6) is 5.75 Å². The van der Waals surface area contributed by atoms with Crippen molar-refractivity contribution in [2.45, 2.75) is 32.3 Å². The van der Waals surface area contributed by atoms with E-state index in [-0.39, 0.29) is 6.10 Å². The van der Waals surface area contributed by atoms with Gasteiger partial charge in [0.05, 0.1) is 6.10 Å². The maximum absolute atomic E-state index is 9.92. The van der Waals surface area contributed by atoms with Gasteiger partial charge in [-0.15, -0.1) is 0 Å². The van der Waals surface area contributed by atoms with Crippen molar-refractivity contribution in [1.82, 2.24) is 0 Å². The molecule has 0 saturated heterocycles. The molecule has 0 aromatic heterocycles. The van der Waals surface area contributed by atoms with Gasteiger partial charge in [0.2, 0.25) is 0 Å². The summed E-state index contributed by atoms with van der Waals surface area (Å²) in [6.07, 6.45) is 2.61. The zero-order valence-corrected chi connectivity index (χ0v) is 10.7. The van der Waals surface area contributed by atoms with Crippen molar-refractivity contribution >= 4 is 11.6 Å². The molecule has 0 spiro atoms. The van der Waals surface area contributed by atoms with E-state index in [1.54, 1.807) is 0 Å². The Bertz CT molecular complexity index is 426. The van der Waals surface area contributed by atoms with Crippen molar-refractivity contribution in [3.63, 3.8) is 0 Å². The molecule has 0 saturated carbocycles. The zero-order valence-electron chi connectivity index (χ0n) is 9.95. The second-order valence-corrected chi connectivity index (χ2v) is 4.73. The van der Waals surface area contributed by atoms with E-state index >= 15 is 0 Å². The second-order valence-electron chi connectivity index (χ2n) is 4.51. The van der Waals surface area contributed by atoms with Gasteiger partial charge in [-0.25, -0.2) is 0 Å². The fraction of sp³-hybridized carbons (Fsp3) is 0.429. The Morgan fingerprint density at radius 3 is 3.18 bits per heavy atom. The van der Waals surface area contributed by atoms with Gasteiger partial charge in [-0.3, -0.25) is 0 Å². The van der Waals surface area contributed by atoms with Gasteiger partial charge in [-0.2, -0.15) is 0 Å². The van der Waals surface area contributed by atoms with Crippen molar-refractivity contribution < 1.29 is 9.84 Å². The van der Waals surface area contributed by atoms with Crippen molar-refractivity contribution in [1.29, 1.82) is 0 Å². The third-order valence-corrected chi connectivity index (χ3v) is 3.43. The third kappa shape index (κ3) is 3.02. The van der Waals surface area contributed by atoms with Crippen LogP contribution in [-0.2, 0) is 6.42 Å². The Morgan fingerprint density at radius 2 is 2.41 bits per heavy atom. The van der Waals surface area contributed by atoms with Crippen molar-refractivity contribution in [3.05, 3.63) is 40.4 Å². The molecular formula is C14H17ClO2. The van der Waals surface area contributed by atoms with E-state index in [4.69, 9.17) is 16.3 Å². The van der Waals surface area contributed by atoms with E-state index in [0.29, 0.717) is 6.61 Å². The standard InChI is InChI=1S/C14H17ClO2/c1-10(8-15)9-17-12-6-5-11-3-2-4-14(16)13(11)7-12/h5-8,14,16H,2-4,9H2,1H3/b10-8-/t14-/m1/s1. The number of rotatable bonds is 3. The summed E-state index contributed by atoms with van der Waals surface area (Å²) in [7, 11) is 0. The number of hydrogen-bond acceptors (Lipinski definition) is 2. The molecule has 3 heteroatoms. The van der Waals surface area contributed by atoms with Crippen LogP contribution in [0.3, 0.4) is 0 Å². The van der Waals surface area contributed by atoms with Crippen LogP contribution in [-0.4, -0.2) is 11.7 Å². The topological polar surface area (TPSA) is 29.5 Å². The number of ether oxygens (including phenoxy) is 1. The predicted octanol–water partition coefficient (Wildman–Crippen LogP) is 3.58. The molecule has 2 rings (SSSR count). The van der Waals surface area contributed by atoms with Crippen LogP contribution < -0.4 is 4.74 Å². The summed E-state index contributed by atoms with van der Waals surface area (Å²) in [6.45, 7) is 2.40. The lowest BCUT2D eigenvalue weighted by molar-refractivity contribution is 0.156. The minimum absolute atomic E-state index is 0.341. The van der Waals surface area contributed by atoms with Gasteiger partial charge in [0.15, 0.2) is 0 Å². The molecule has 0 radical (unpaired) electrons. The lowest BCUT2D eigenvalue weighted by atomic mass is 9.89. The summed E-state index contributed by atoms with van der Waals surface area (Å²) < 4.78 is 5.61. The van der Waals surface area contributed by atoms with E-state index in [0.717, 1.165) is 36.1 Å². The monoisotopic (exact) mass is 252 g/mol. The highest BCUT2D eigenvalue weighted by Crippen LogP contribution is 2.32. The Balaban J connectivity index is 2.12. The Labute approximate surface area is 107 Å². The highest BCUT2D eigenvalue weighted by atomic mass is 35.5. The van der Waals surface area contributed by atoms with Crippen LogP contribution in [0.2, 0.25) is 0 Å². The van der Waals surface area contributed by atoms with Crippen molar-refractivity contribution in [2.24, 2.45) is 0 Å². The van der Waals surface area contributed by atoms with Crippen LogP contribution >= 0.6 is 11.6 Å². The molecule has 0 amide bonds. The van der Waals surface area contributed by atoms with Crippen LogP contribution in [0.15, 0.2) is 29.3 Å². The first-order valence-electron chi connectivity index (χ1n) is 5.90. The van der Waals surface area contributed by atoms with Gasteiger partial charge in [0.25, 0.3) is 0 Å². The number of hydrogen-bond donors (Lipinski definition) is 1. The molecule has 1 aliphatic carbocycles. The second kappa shape index (κ2) is 5.56. The summed E-state index contributed by atoms with van der Waals surface area (Å²) in [4.78, 5) is 0. The van der Waals surface area contributed by atoms with E-state index in [9.17, 15) is 5.11 Å². The summed E-state index contributed by atoms with van der Waals surface area (Å²) >= 11 is 5.57. The molecule has 1 aliphatic rings. The first-order chi connectivity index (χ1) is 8.20. The minimum atomic E-state index is -0.341. The minimum Gasteiger partial charge on any atom is -0.489 e. The highest BCUT2D eigenvalue weighted by Gasteiger charge is 2.18. The highest BCUT2D eigenvalue weighted by molar-refractivity contribution is 6.25. The number of aliphatic hydroxyl groups excluding tert-OH is 1. The molecule has 1 atom stereocenters. The quantitative estimate of drug-likeness (QED) is 0.891. The summed E-state index contributed by atoms with van der Waals surface area (Å²) in [5.74, 6) is 0.794. The van der Waals surface area contributed by atoms with Gasteiger partial charge in [0.1, 0.15) is 12.4 Å². The average Bonchev–Trinajstić information content (AvgIpc) is 2.36. The maximum atomic E-state index is 9.92. The van der Waals surface area contributed by atoms with Gasteiger partial charge in [0, 0.05) is 5.54 Å². The zero-order chi connectivity index (χ0) is 12.3. The normalized spacial score (nSPS) is 19.9. The molecule has 0 heterocycles. The van der Waals surface area contributed by atoms with Crippen molar-refractivity contribution in [3.8, 4) is 5.75 Å². The van der Waals surface area contributed by atoms with Gasteiger partial charge in [-0.05, 0) is 55.0 Å². The van der Waals surface area contributed by atoms with Gasteiger partial charge >= 0.3 is 0 Å². The summed E-state index contributed by atoms with van der Waals surface area (Å²) in [5.41, 5.74) is 4.75. The third-order valence-electron chi connectivity index (χ3n) is 3.05. The SMILES string of the molecule is C/C(=C/Cl)COc1ccc2c(c1)[C@H](O)CCC2. The van der Waals surface area contributed by atoms with E-state index in [2.05, 4.69) is 0 Å². The first-order valence-corrected chi connectivity index (χ1v) is 6.34. The van der Waals surface area contributed by atoms with E-state index in [1.165, 1.54) is 11.1 Å². The van der Waals surface area contributed by atoms with Gasteiger partial charge in [-0.1, -0.05) is 17.7 Å². The smallest absolute Gasteiger partial charge is 0.120 e. The molecule has 1 aromatic rings. The average molecular weight is 253 g/mol. The van der Waals surface area contributed by atoms with E-state index < -0.39 is 0 Å². The molecule has 17 heavy (non-hydrogen) atoms. The molecule has 0 bridgehead atoms. The van der Waals surface area contributed by atoms with E-state index in [1.807, 2.05) is 25.1 Å². The summed E-state index contributed by atoms with van der Waals surface area (Å²) in [6, 6.07) is 5.95. The van der Waals surface area contributed by atoms with Gasteiger partial charge < -0.3 is 9.84 Å². The Morgan fingerprint density at radius 1 is 1.59 bits per heavy atom. The van der Waals surface area contributed by atoms with Crippen LogP contribution in [0.4, 0.5) is 0 Å². The predicted molar refractivity (Wildman–Crippen MR) is 69.4 cm³/mol. The Kier molecular flexibility index (Phi) is 4.08. The van der Waals surface area contributed by atoms with Crippen LogP contribution in [0.1, 0.15) is 37.0 Å².